The van der Waals surface area contributed by atoms with Crippen molar-refractivity contribution in [3.8, 4) is 11.5 Å². The van der Waals surface area contributed by atoms with E-state index in [1.54, 1.807) is 6.07 Å². The number of carbonyl (C=O) groups excluding carboxylic acids is 1. The van der Waals surface area contributed by atoms with Crippen LogP contribution in [0.1, 0.15) is 43.0 Å². The van der Waals surface area contributed by atoms with E-state index in [1.807, 2.05) is 7.05 Å². The number of rotatable bonds is 4. The van der Waals surface area contributed by atoms with Crippen LogP contribution in [0, 0.1) is 5.92 Å². The first-order valence-corrected chi connectivity index (χ1v) is 7.24. The fraction of sp³-hybridized carbons (Fsp3) is 0.562. The normalized spacial score (nSPS) is 22.9. The van der Waals surface area contributed by atoms with Crippen LogP contribution in [0.5, 0.6) is 11.5 Å². The summed E-state index contributed by atoms with van der Waals surface area (Å²) in [7, 11) is 1.99. The van der Waals surface area contributed by atoms with Gasteiger partial charge in [-0.15, -0.1) is 0 Å². The monoisotopic (exact) mass is 277 g/mol. The fourth-order valence-corrected chi connectivity index (χ4v) is 3.08. The van der Waals surface area contributed by atoms with E-state index in [1.165, 1.54) is 31.4 Å². The topological polar surface area (TPSA) is 60.8 Å². The van der Waals surface area contributed by atoms with E-state index in [0.717, 1.165) is 6.42 Å². The van der Waals surface area contributed by atoms with Crippen molar-refractivity contribution in [2.75, 3.05) is 13.6 Å². The van der Waals surface area contributed by atoms with Crippen LogP contribution in [0.2, 0.25) is 0 Å². The zero-order chi connectivity index (χ0) is 14.7. The minimum atomic E-state index is -0.246. The van der Waals surface area contributed by atoms with Crippen LogP contribution in [0.3, 0.4) is 0 Å². The Morgan fingerprint density at radius 1 is 1.25 bits per heavy atom. The Morgan fingerprint density at radius 3 is 2.60 bits per heavy atom. The second-order valence-electron chi connectivity index (χ2n) is 5.87. The average Bonchev–Trinajstić information content (AvgIpc) is 2.42. The Labute approximate surface area is 120 Å². The molecule has 4 nitrogen and oxygen atoms in total. The Bertz CT molecular complexity index is 487. The molecule has 0 amide bonds. The summed E-state index contributed by atoms with van der Waals surface area (Å²) < 4.78 is 0. The van der Waals surface area contributed by atoms with Crippen molar-refractivity contribution >= 4 is 5.78 Å². The SMILES string of the molecule is CC1CCCCC1N(C)CC(=O)c1ccc(O)c(O)c1. The van der Waals surface area contributed by atoms with E-state index in [0.29, 0.717) is 24.1 Å². The van der Waals surface area contributed by atoms with Gasteiger partial charge in [-0.25, -0.2) is 0 Å². The molecule has 0 radical (unpaired) electrons. The fourth-order valence-electron chi connectivity index (χ4n) is 3.08. The largest absolute Gasteiger partial charge is 0.504 e. The van der Waals surface area contributed by atoms with Crippen LogP contribution < -0.4 is 0 Å². The predicted molar refractivity (Wildman–Crippen MR) is 78.2 cm³/mol. The Morgan fingerprint density at radius 2 is 1.95 bits per heavy atom. The zero-order valence-electron chi connectivity index (χ0n) is 12.2. The predicted octanol–water partition coefficient (Wildman–Crippen LogP) is 2.79. The molecule has 1 fully saturated rings. The number of hydrogen-bond donors (Lipinski definition) is 2. The van der Waals surface area contributed by atoms with Crippen LogP contribution in [-0.4, -0.2) is 40.5 Å². The molecule has 1 aromatic carbocycles. The lowest BCUT2D eigenvalue weighted by atomic mass is 9.85. The second kappa shape index (κ2) is 6.27. The van der Waals surface area contributed by atoms with Crippen molar-refractivity contribution in [2.45, 2.75) is 38.6 Å². The van der Waals surface area contributed by atoms with Crippen molar-refractivity contribution in [2.24, 2.45) is 5.92 Å². The average molecular weight is 277 g/mol. The molecular weight excluding hydrogens is 254 g/mol. The standard InChI is InChI=1S/C16H23NO3/c1-11-5-3-4-6-13(11)17(2)10-16(20)12-7-8-14(18)15(19)9-12/h7-9,11,13,18-19H,3-6,10H2,1-2H3. The number of hydrogen-bond acceptors (Lipinski definition) is 4. The van der Waals surface area contributed by atoms with Crippen LogP contribution >= 0.6 is 0 Å². The van der Waals surface area contributed by atoms with Gasteiger partial charge in [0, 0.05) is 11.6 Å². The molecule has 1 aliphatic carbocycles. The van der Waals surface area contributed by atoms with E-state index in [4.69, 9.17) is 0 Å². The van der Waals surface area contributed by atoms with Crippen molar-refractivity contribution in [1.82, 2.24) is 4.90 Å². The summed E-state index contributed by atoms with van der Waals surface area (Å²) in [5, 5.41) is 18.7. The summed E-state index contributed by atoms with van der Waals surface area (Å²) in [5.41, 5.74) is 0.440. The Balaban J connectivity index is 2.01. The number of phenolic OH excluding ortho intramolecular Hbond substituents is 2. The quantitative estimate of drug-likeness (QED) is 0.656. The molecule has 2 rings (SSSR count). The lowest BCUT2D eigenvalue weighted by Gasteiger charge is -2.35. The Hall–Kier alpha value is -1.55. The molecule has 1 aliphatic rings. The first kappa shape index (κ1) is 14.9. The van der Waals surface area contributed by atoms with Gasteiger partial charge in [-0.2, -0.15) is 0 Å². The number of benzene rings is 1. The summed E-state index contributed by atoms with van der Waals surface area (Å²) >= 11 is 0. The van der Waals surface area contributed by atoms with Gasteiger partial charge in [0.25, 0.3) is 0 Å². The van der Waals surface area contributed by atoms with Crippen LogP contribution in [0.4, 0.5) is 0 Å². The van der Waals surface area contributed by atoms with Crippen molar-refractivity contribution < 1.29 is 15.0 Å². The molecular formula is C16H23NO3. The number of nitrogens with zero attached hydrogens (tertiary/aromatic N) is 1. The van der Waals surface area contributed by atoms with Gasteiger partial charge in [0.15, 0.2) is 17.3 Å². The van der Waals surface area contributed by atoms with Gasteiger partial charge >= 0.3 is 0 Å². The maximum atomic E-state index is 12.2. The third kappa shape index (κ3) is 3.31. The van der Waals surface area contributed by atoms with Gasteiger partial charge < -0.3 is 10.2 Å². The van der Waals surface area contributed by atoms with E-state index in [-0.39, 0.29) is 17.3 Å². The highest BCUT2D eigenvalue weighted by atomic mass is 16.3. The summed E-state index contributed by atoms with van der Waals surface area (Å²) in [5.74, 6) is 0.149. The van der Waals surface area contributed by atoms with Crippen molar-refractivity contribution in [1.29, 1.82) is 0 Å². The van der Waals surface area contributed by atoms with Crippen LogP contribution in [0.25, 0.3) is 0 Å². The zero-order valence-corrected chi connectivity index (χ0v) is 12.2. The van der Waals surface area contributed by atoms with Gasteiger partial charge in [-0.05, 0) is 44.0 Å². The summed E-state index contributed by atoms with van der Waals surface area (Å²) in [4.78, 5) is 14.4. The summed E-state index contributed by atoms with van der Waals surface area (Å²) in [6, 6.07) is 4.69. The number of Topliss-reactive ketones (excluding diaryl/α,β-unsaturated/α-hetero) is 1. The molecule has 1 saturated carbocycles. The first-order chi connectivity index (χ1) is 9.49. The van der Waals surface area contributed by atoms with E-state index in [2.05, 4.69) is 11.8 Å². The van der Waals surface area contributed by atoms with Gasteiger partial charge in [-0.1, -0.05) is 19.8 Å². The molecule has 0 aromatic heterocycles. The van der Waals surface area contributed by atoms with E-state index < -0.39 is 0 Å². The molecule has 0 spiro atoms. The highest BCUT2D eigenvalue weighted by Crippen LogP contribution is 2.28. The molecule has 0 saturated heterocycles. The second-order valence-corrected chi connectivity index (χ2v) is 5.87. The third-order valence-corrected chi connectivity index (χ3v) is 4.32. The number of phenols is 2. The molecule has 4 heteroatoms. The molecule has 0 bridgehead atoms. The van der Waals surface area contributed by atoms with Gasteiger partial charge in [-0.3, -0.25) is 9.69 Å². The minimum absolute atomic E-state index is 0.0272. The van der Waals surface area contributed by atoms with Gasteiger partial charge in [0.05, 0.1) is 6.54 Å². The van der Waals surface area contributed by atoms with Gasteiger partial charge in [0.1, 0.15) is 0 Å². The maximum absolute atomic E-state index is 12.2. The smallest absolute Gasteiger partial charge is 0.176 e. The molecule has 2 atom stereocenters. The number of carbonyl (C=O) groups is 1. The first-order valence-electron chi connectivity index (χ1n) is 7.24. The molecule has 2 unspecified atom stereocenters. The van der Waals surface area contributed by atoms with E-state index >= 15 is 0 Å². The van der Waals surface area contributed by atoms with Crippen LogP contribution in [0.15, 0.2) is 18.2 Å². The van der Waals surface area contributed by atoms with Crippen molar-refractivity contribution in [3.05, 3.63) is 23.8 Å². The number of ketones is 1. The molecule has 0 heterocycles. The minimum Gasteiger partial charge on any atom is -0.504 e. The third-order valence-electron chi connectivity index (χ3n) is 4.32. The molecule has 0 aliphatic heterocycles. The number of likely N-dealkylation sites (N-methyl/N-ethyl adjacent to an activating group) is 1. The maximum Gasteiger partial charge on any atom is 0.176 e. The molecule has 1 aromatic rings. The highest BCUT2D eigenvalue weighted by Gasteiger charge is 2.26. The highest BCUT2D eigenvalue weighted by molar-refractivity contribution is 5.98. The van der Waals surface area contributed by atoms with Gasteiger partial charge in [0.2, 0.25) is 0 Å². The number of aromatic hydroxyl groups is 2. The molecule has 2 N–H and O–H groups in total. The van der Waals surface area contributed by atoms with E-state index in [9.17, 15) is 15.0 Å². The van der Waals surface area contributed by atoms with Crippen LogP contribution in [-0.2, 0) is 0 Å². The summed E-state index contributed by atoms with van der Waals surface area (Å²) in [6.45, 7) is 2.59. The lowest BCUT2D eigenvalue weighted by Crippen LogP contribution is -2.41. The Kier molecular flexibility index (Phi) is 4.65. The molecule has 110 valence electrons. The summed E-state index contributed by atoms with van der Waals surface area (Å²) in [6.07, 6.45) is 4.88. The lowest BCUT2D eigenvalue weighted by molar-refractivity contribution is 0.0851. The van der Waals surface area contributed by atoms with Crippen molar-refractivity contribution in [3.63, 3.8) is 0 Å². The molecule has 20 heavy (non-hydrogen) atoms.